The Labute approximate surface area is 115 Å². The first-order valence-corrected chi connectivity index (χ1v) is 7.09. The minimum Gasteiger partial charge on any atom is -0.382 e. The molecule has 2 N–H and O–H groups in total. The quantitative estimate of drug-likeness (QED) is 0.671. The van der Waals surface area contributed by atoms with E-state index in [1.165, 1.54) is 5.56 Å². The zero-order valence-electron chi connectivity index (χ0n) is 10.0. The van der Waals surface area contributed by atoms with E-state index in [9.17, 15) is 0 Å². The molecule has 0 radical (unpaired) electrons. The Kier molecular flexibility index (Phi) is 6.62. The maximum absolute atomic E-state index is 5.83. The van der Waals surface area contributed by atoms with Crippen molar-refractivity contribution < 1.29 is 4.74 Å². The van der Waals surface area contributed by atoms with Crippen molar-refractivity contribution in [3.05, 3.63) is 34.3 Å². The van der Waals surface area contributed by atoms with Gasteiger partial charge < -0.3 is 10.5 Å². The summed E-state index contributed by atoms with van der Waals surface area (Å²) in [5.41, 5.74) is 7.06. The van der Waals surface area contributed by atoms with Crippen LogP contribution in [0.1, 0.15) is 12.5 Å². The van der Waals surface area contributed by atoms with Gasteiger partial charge in [-0.25, -0.2) is 0 Å². The van der Waals surface area contributed by atoms with Crippen LogP contribution in [-0.2, 0) is 10.5 Å². The van der Waals surface area contributed by atoms with Gasteiger partial charge in [0.05, 0.1) is 12.6 Å². The van der Waals surface area contributed by atoms with E-state index >= 15 is 0 Å². The number of halogens is 1. The van der Waals surface area contributed by atoms with Crippen molar-refractivity contribution in [1.82, 2.24) is 0 Å². The van der Waals surface area contributed by atoms with Gasteiger partial charge in [-0.2, -0.15) is 0 Å². The number of nitrogens with two attached hydrogens (primary N) is 1. The van der Waals surface area contributed by atoms with Gasteiger partial charge in [-0.15, -0.1) is 0 Å². The first-order chi connectivity index (χ1) is 8.11. The van der Waals surface area contributed by atoms with Crippen LogP contribution < -0.4 is 5.73 Å². The summed E-state index contributed by atoms with van der Waals surface area (Å²) in [6, 6.07) is 8.30. The highest BCUT2D eigenvalue weighted by Gasteiger charge is 2.01. The second-order valence-electron chi connectivity index (χ2n) is 3.69. The average molecular weight is 317 g/mol. The summed E-state index contributed by atoms with van der Waals surface area (Å²) >= 11 is 4.95. The number of methoxy groups -OCH3 is 1. The van der Waals surface area contributed by atoms with Crippen LogP contribution in [0.3, 0.4) is 0 Å². The number of nitrogens with zero attached hydrogens (tertiary/aromatic N) is 1. The second kappa shape index (κ2) is 7.74. The molecule has 0 aromatic heterocycles. The molecule has 94 valence electrons. The first-order valence-electron chi connectivity index (χ1n) is 5.31. The van der Waals surface area contributed by atoms with Crippen LogP contribution in [0, 0.1) is 0 Å². The molecule has 0 aliphatic heterocycles. The maximum atomic E-state index is 5.83. The molecule has 0 aliphatic rings. The third-order valence-corrected chi connectivity index (χ3v) is 3.46. The number of aliphatic imine (C=N–C) groups is 1. The Morgan fingerprint density at radius 3 is 2.71 bits per heavy atom. The summed E-state index contributed by atoms with van der Waals surface area (Å²) in [5.74, 6) is 0.836. The number of thioether (sulfide) groups is 1. The van der Waals surface area contributed by atoms with Gasteiger partial charge in [-0.1, -0.05) is 39.8 Å². The van der Waals surface area contributed by atoms with Crippen LogP contribution in [-0.4, -0.2) is 24.9 Å². The van der Waals surface area contributed by atoms with Gasteiger partial charge in [-0.05, 0) is 24.6 Å². The molecule has 1 atom stereocenters. The Bertz CT molecular complexity index is 367. The topological polar surface area (TPSA) is 47.6 Å². The van der Waals surface area contributed by atoms with E-state index < -0.39 is 0 Å². The zero-order valence-corrected chi connectivity index (χ0v) is 12.4. The summed E-state index contributed by atoms with van der Waals surface area (Å²) in [7, 11) is 1.66. The van der Waals surface area contributed by atoms with Crippen molar-refractivity contribution in [3.8, 4) is 0 Å². The lowest BCUT2D eigenvalue weighted by Crippen LogP contribution is -2.15. The summed E-state index contributed by atoms with van der Waals surface area (Å²) in [6.07, 6.45) is 0. The van der Waals surface area contributed by atoms with Crippen LogP contribution >= 0.6 is 27.7 Å². The van der Waals surface area contributed by atoms with Crippen molar-refractivity contribution in [3.63, 3.8) is 0 Å². The van der Waals surface area contributed by atoms with Crippen molar-refractivity contribution in [2.24, 2.45) is 10.7 Å². The molecule has 0 unspecified atom stereocenters. The first kappa shape index (κ1) is 14.5. The number of amidine groups is 1. The minimum atomic E-state index is 0.109. The molecule has 3 nitrogen and oxygen atoms in total. The molecule has 0 saturated carbocycles. The van der Waals surface area contributed by atoms with Crippen LogP contribution in [0.2, 0.25) is 0 Å². The van der Waals surface area contributed by atoms with Crippen LogP contribution in [0.4, 0.5) is 0 Å². The predicted octanol–water partition coefficient (Wildman–Crippen LogP) is 3.03. The Morgan fingerprint density at radius 2 is 2.12 bits per heavy atom. The average Bonchev–Trinajstić information content (AvgIpc) is 2.28. The molecule has 0 heterocycles. The van der Waals surface area contributed by atoms with Crippen LogP contribution in [0.5, 0.6) is 0 Å². The third kappa shape index (κ3) is 6.10. The molecule has 0 aliphatic carbocycles. The van der Waals surface area contributed by atoms with Crippen molar-refractivity contribution in [2.75, 3.05) is 13.7 Å². The second-order valence-corrected chi connectivity index (χ2v) is 5.60. The van der Waals surface area contributed by atoms with E-state index in [-0.39, 0.29) is 6.04 Å². The molecule has 1 aromatic rings. The fourth-order valence-electron chi connectivity index (χ4n) is 1.27. The molecule has 5 heteroatoms. The summed E-state index contributed by atoms with van der Waals surface area (Å²) in [5, 5.41) is 0.609. The number of benzene rings is 1. The van der Waals surface area contributed by atoms with Gasteiger partial charge >= 0.3 is 0 Å². The maximum Gasteiger partial charge on any atom is 0.154 e. The molecule has 1 rings (SSSR count). The lowest BCUT2D eigenvalue weighted by molar-refractivity contribution is 0.186. The highest BCUT2D eigenvalue weighted by molar-refractivity contribution is 9.10. The number of hydrogen-bond acceptors (Lipinski definition) is 3. The van der Waals surface area contributed by atoms with E-state index in [0.717, 1.165) is 10.2 Å². The Morgan fingerprint density at radius 1 is 1.47 bits per heavy atom. The molecular formula is C12H17BrN2OS. The fourth-order valence-corrected chi connectivity index (χ4v) is 2.30. The zero-order chi connectivity index (χ0) is 12.7. The lowest BCUT2D eigenvalue weighted by Gasteiger charge is -2.06. The molecular weight excluding hydrogens is 300 g/mol. The SMILES string of the molecule is COC[C@@H](C)N=C(N)SCc1ccc(Br)cc1. The number of rotatable bonds is 5. The van der Waals surface area contributed by atoms with Crippen molar-refractivity contribution in [2.45, 2.75) is 18.7 Å². The van der Waals surface area contributed by atoms with Gasteiger partial charge in [0.15, 0.2) is 5.17 Å². The third-order valence-electron chi connectivity index (χ3n) is 2.06. The monoisotopic (exact) mass is 316 g/mol. The minimum absolute atomic E-state index is 0.109. The van der Waals surface area contributed by atoms with Crippen LogP contribution in [0.15, 0.2) is 33.7 Å². The highest BCUT2D eigenvalue weighted by atomic mass is 79.9. The van der Waals surface area contributed by atoms with Gasteiger partial charge in [0.25, 0.3) is 0 Å². The molecule has 1 aromatic carbocycles. The smallest absolute Gasteiger partial charge is 0.154 e. The van der Waals surface area contributed by atoms with E-state index in [0.29, 0.717) is 11.8 Å². The summed E-state index contributed by atoms with van der Waals surface area (Å²) < 4.78 is 6.09. The largest absolute Gasteiger partial charge is 0.382 e. The molecule has 17 heavy (non-hydrogen) atoms. The van der Waals surface area contributed by atoms with Gasteiger partial charge in [0.1, 0.15) is 0 Å². The number of hydrogen-bond donors (Lipinski definition) is 1. The van der Waals surface area contributed by atoms with E-state index in [2.05, 4.69) is 33.1 Å². The van der Waals surface area contributed by atoms with Crippen molar-refractivity contribution in [1.29, 1.82) is 0 Å². The van der Waals surface area contributed by atoms with Gasteiger partial charge in [-0.3, -0.25) is 4.99 Å². The van der Waals surface area contributed by atoms with E-state index in [1.807, 2.05) is 19.1 Å². The fraction of sp³-hybridized carbons (Fsp3) is 0.417. The van der Waals surface area contributed by atoms with Crippen LogP contribution in [0.25, 0.3) is 0 Å². The standard InChI is InChI=1S/C12H17BrN2OS/c1-9(7-16-2)15-12(14)17-8-10-3-5-11(13)6-4-10/h3-6,9H,7-8H2,1-2H3,(H2,14,15)/t9-/m1/s1. The molecule has 0 amide bonds. The summed E-state index contributed by atoms with van der Waals surface area (Å²) in [4.78, 5) is 4.32. The highest BCUT2D eigenvalue weighted by Crippen LogP contribution is 2.16. The normalized spacial score (nSPS) is 13.7. The van der Waals surface area contributed by atoms with Crippen molar-refractivity contribution >= 4 is 32.9 Å². The summed E-state index contributed by atoms with van der Waals surface area (Å²) in [6.45, 7) is 2.58. The predicted molar refractivity (Wildman–Crippen MR) is 78.4 cm³/mol. The Hall–Kier alpha value is -0.520. The molecule has 0 bridgehead atoms. The molecule has 0 fully saturated rings. The molecule has 0 spiro atoms. The number of ether oxygens (including phenoxy) is 1. The van der Waals surface area contributed by atoms with Gasteiger partial charge in [0, 0.05) is 17.3 Å². The van der Waals surface area contributed by atoms with E-state index in [4.69, 9.17) is 10.5 Å². The molecule has 0 saturated heterocycles. The lowest BCUT2D eigenvalue weighted by atomic mass is 10.2. The Balaban J connectivity index is 2.42. The van der Waals surface area contributed by atoms with Gasteiger partial charge in [0.2, 0.25) is 0 Å². The van der Waals surface area contributed by atoms with E-state index in [1.54, 1.807) is 18.9 Å².